The maximum Gasteiger partial charge on any atom is 0.254 e. The normalized spacial score (nSPS) is 10.4. The lowest BCUT2D eigenvalue weighted by Crippen LogP contribution is -2.16. The first-order chi connectivity index (χ1) is 8.65. The molecule has 0 atom stereocenters. The predicted octanol–water partition coefficient (Wildman–Crippen LogP) is 1.11. The van der Waals surface area contributed by atoms with Gasteiger partial charge in [-0.05, 0) is 19.4 Å². The van der Waals surface area contributed by atoms with Crippen LogP contribution < -0.4 is 10.3 Å². The Morgan fingerprint density at radius 1 is 1.33 bits per heavy atom. The Balaban J connectivity index is 2.50. The number of ether oxygens (including phenoxy) is 1. The monoisotopic (exact) mass is 246 g/mol. The first kappa shape index (κ1) is 12.2. The summed E-state index contributed by atoms with van der Waals surface area (Å²) in [5.41, 5.74) is 1.78. The van der Waals surface area contributed by atoms with Gasteiger partial charge in [0.05, 0.1) is 12.8 Å². The van der Waals surface area contributed by atoms with Crippen LogP contribution in [0.1, 0.15) is 18.2 Å². The van der Waals surface area contributed by atoms with Crippen LogP contribution in [0.3, 0.4) is 0 Å². The van der Waals surface area contributed by atoms with Crippen LogP contribution in [0.15, 0.2) is 16.9 Å². The zero-order valence-corrected chi connectivity index (χ0v) is 10.5. The first-order valence-electron chi connectivity index (χ1n) is 5.63. The third-order valence-corrected chi connectivity index (χ3v) is 2.68. The maximum absolute atomic E-state index is 11.7. The third-order valence-electron chi connectivity index (χ3n) is 2.68. The van der Waals surface area contributed by atoms with Crippen molar-refractivity contribution < 1.29 is 4.74 Å². The van der Waals surface area contributed by atoms with Crippen LogP contribution >= 0.6 is 0 Å². The van der Waals surface area contributed by atoms with Gasteiger partial charge in [0.2, 0.25) is 5.88 Å². The van der Waals surface area contributed by atoms with Crippen molar-refractivity contribution in [2.75, 3.05) is 7.11 Å². The number of aryl methyl sites for hydroxylation is 1. The number of aromatic nitrogens is 4. The van der Waals surface area contributed by atoms with Gasteiger partial charge in [0, 0.05) is 11.6 Å². The number of hydrogen-bond acceptors (Lipinski definition) is 5. The van der Waals surface area contributed by atoms with Crippen LogP contribution in [-0.4, -0.2) is 27.3 Å². The molecule has 0 saturated carbocycles. The van der Waals surface area contributed by atoms with Gasteiger partial charge in [-0.25, -0.2) is 4.98 Å². The van der Waals surface area contributed by atoms with E-state index in [0.717, 1.165) is 5.69 Å². The Hall–Kier alpha value is -2.24. The van der Waals surface area contributed by atoms with Gasteiger partial charge in [0.25, 0.3) is 5.56 Å². The van der Waals surface area contributed by atoms with Crippen molar-refractivity contribution in [3.63, 3.8) is 0 Å². The fourth-order valence-corrected chi connectivity index (χ4v) is 1.60. The lowest BCUT2D eigenvalue weighted by Gasteiger charge is -2.05. The summed E-state index contributed by atoms with van der Waals surface area (Å²) >= 11 is 0. The van der Waals surface area contributed by atoms with Crippen molar-refractivity contribution in [3.8, 4) is 17.4 Å². The SMILES string of the molecule is CCc1nc(-c2ccc(OC)nn2)[nH]c(=O)c1C. The van der Waals surface area contributed by atoms with Gasteiger partial charge < -0.3 is 9.72 Å². The number of nitrogens with one attached hydrogen (secondary N) is 1. The summed E-state index contributed by atoms with van der Waals surface area (Å²) in [5, 5.41) is 7.81. The number of H-pyrrole nitrogens is 1. The van der Waals surface area contributed by atoms with Crippen LogP contribution in [0, 0.1) is 6.92 Å². The molecule has 0 unspecified atom stereocenters. The third kappa shape index (κ3) is 2.22. The highest BCUT2D eigenvalue weighted by molar-refractivity contribution is 5.48. The van der Waals surface area contributed by atoms with Crippen LogP contribution in [0.4, 0.5) is 0 Å². The lowest BCUT2D eigenvalue weighted by molar-refractivity contribution is 0.392. The zero-order valence-electron chi connectivity index (χ0n) is 10.5. The summed E-state index contributed by atoms with van der Waals surface area (Å²) in [4.78, 5) is 18.8. The molecule has 6 nitrogen and oxygen atoms in total. The zero-order chi connectivity index (χ0) is 13.1. The molecule has 2 rings (SSSR count). The van der Waals surface area contributed by atoms with E-state index in [1.165, 1.54) is 7.11 Å². The van der Waals surface area contributed by atoms with Crippen molar-refractivity contribution in [1.82, 2.24) is 20.2 Å². The molecule has 0 saturated heterocycles. The van der Waals surface area contributed by atoms with Crippen molar-refractivity contribution in [3.05, 3.63) is 33.7 Å². The van der Waals surface area contributed by atoms with E-state index in [-0.39, 0.29) is 5.56 Å². The van der Waals surface area contributed by atoms with Crippen molar-refractivity contribution in [2.24, 2.45) is 0 Å². The summed E-state index contributed by atoms with van der Waals surface area (Å²) in [6.45, 7) is 3.71. The van der Waals surface area contributed by atoms with Gasteiger partial charge in [0.15, 0.2) is 5.82 Å². The average molecular weight is 246 g/mol. The second kappa shape index (κ2) is 4.95. The Morgan fingerprint density at radius 2 is 2.11 bits per heavy atom. The van der Waals surface area contributed by atoms with E-state index in [9.17, 15) is 4.79 Å². The maximum atomic E-state index is 11.7. The summed E-state index contributed by atoms with van der Waals surface area (Å²) < 4.78 is 4.93. The Labute approximate surface area is 104 Å². The lowest BCUT2D eigenvalue weighted by atomic mass is 10.2. The number of rotatable bonds is 3. The fourth-order valence-electron chi connectivity index (χ4n) is 1.60. The number of hydrogen-bond donors (Lipinski definition) is 1. The van der Waals surface area contributed by atoms with Crippen molar-refractivity contribution in [1.29, 1.82) is 0 Å². The van der Waals surface area contributed by atoms with Crippen LogP contribution in [-0.2, 0) is 6.42 Å². The molecule has 18 heavy (non-hydrogen) atoms. The highest BCUT2D eigenvalue weighted by atomic mass is 16.5. The van der Waals surface area contributed by atoms with E-state index in [1.807, 2.05) is 6.92 Å². The van der Waals surface area contributed by atoms with Gasteiger partial charge in [-0.3, -0.25) is 4.79 Å². The van der Waals surface area contributed by atoms with E-state index in [2.05, 4.69) is 20.2 Å². The van der Waals surface area contributed by atoms with E-state index < -0.39 is 0 Å². The van der Waals surface area contributed by atoms with Gasteiger partial charge in [0.1, 0.15) is 5.69 Å². The average Bonchev–Trinajstić information content (AvgIpc) is 2.42. The Bertz CT molecular complexity index is 604. The Kier molecular flexibility index (Phi) is 3.36. The van der Waals surface area contributed by atoms with E-state index >= 15 is 0 Å². The number of nitrogens with zero attached hydrogens (tertiary/aromatic N) is 3. The summed E-state index contributed by atoms with van der Waals surface area (Å²) in [7, 11) is 1.52. The van der Waals surface area contributed by atoms with Gasteiger partial charge >= 0.3 is 0 Å². The highest BCUT2D eigenvalue weighted by Crippen LogP contribution is 2.13. The summed E-state index contributed by atoms with van der Waals surface area (Å²) in [6.07, 6.45) is 0.701. The molecule has 2 heterocycles. The smallest absolute Gasteiger partial charge is 0.254 e. The predicted molar refractivity (Wildman–Crippen MR) is 66.6 cm³/mol. The van der Waals surface area contributed by atoms with Crippen molar-refractivity contribution >= 4 is 0 Å². The fraction of sp³-hybridized carbons (Fsp3) is 0.333. The molecular weight excluding hydrogens is 232 g/mol. The number of methoxy groups -OCH3 is 1. The van der Waals surface area contributed by atoms with Crippen LogP contribution in [0.25, 0.3) is 11.5 Å². The van der Waals surface area contributed by atoms with Gasteiger partial charge in [-0.1, -0.05) is 6.92 Å². The standard InChI is InChI=1S/C12H14N4O2/c1-4-8-7(2)12(17)14-11(13-8)9-5-6-10(18-3)16-15-9/h5-6H,4H2,1-3H3,(H,13,14,17). The van der Waals surface area contributed by atoms with Gasteiger partial charge in [-0.15, -0.1) is 10.2 Å². The van der Waals surface area contributed by atoms with Gasteiger partial charge in [-0.2, -0.15) is 0 Å². The van der Waals surface area contributed by atoms with E-state index in [1.54, 1.807) is 19.1 Å². The Morgan fingerprint density at radius 3 is 2.67 bits per heavy atom. The topological polar surface area (TPSA) is 80.8 Å². The highest BCUT2D eigenvalue weighted by Gasteiger charge is 2.09. The molecule has 0 radical (unpaired) electrons. The molecule has 2 aromatic rings. The molecule has 0 bridgehead atoms. The minimum absolute atomic E-state index is 0.144. The summed E-state index contributed by atoms with van der Waals surface area (Å²) in [5.74, 6) is 0.849. The largest absolute Gasteiger partial charge is 0.480 e. The molecule has 1 N–H and O–H groups in total. The molecule has 0 aliphatic rings. The molecule has 2 aromatic heterocycles. The molecule has 0 amide bonds. The minimum Gasteiger partial charge on any atom is -0.480 e. The van der Waals surface area contributed by atoms with Crippen molar-refractivity contribution in [2.45, 2.75) is 20.3 Å². The molecule has 0 aliphatic heterocycles. The van der Waals surface area contributed by atoms with E-state index in [0.29, 0.717) is 29.4 Å². The minimum atomic E-state index is -0.144. The quantitative estimate of drug-likeness (QED) is 0.877. The molecule has 0 aromatic carbocycles. The molecule has 94 valence electrons. The second-order valence-corrected chi connectivity index (χ2v) is 3.80. The van der Waals surface area contributed by atoms with Crippen LogP contribution in [0.5, 0.6) is 5.88 Å². The first-order valence-corrected chi connectivity index (χ1v) is 5.63. The molecular formula is C12H14N4O2. The second-order valence-electron chi connectivity index (χ2n) is 3.80. The number of aromatic amines is 1. The molecule has 0 spiro atoms. The summed E-state index contributed by atoms with van der Waals surface area (Å²) in [6, 6.07) is 3.38. The molecule has 0 aliphatic carbocycles. The van der Waals surface area contributed by atoms with E-state index in [4.69, 9.17) is 4.74 Å². The molecule has 0 fully saturated rings. The molecule has 6 heteroatoms. The van der Waals surface area contributed by atoms with Crippen LogP contribution in [0.2, 0.25) is 0 Å².